The van der Waals surface area contributed by atoms with Crippen LogP contribution in [0.1, 0.15) is 37.7 Å². The number of pyridine rings is 1. The number of nitrogens with zero attached hydrogens (tertiary/aromatic N) is 1. The number of hydrogen-bond acceptors (Lipinski definition) is 2. The summed E-state index contributed by atoms with van der Waals surface area (Å²) < 4.78 is 0. The molecular formula is C12H16N2. The van der Waals surface area contributed by atoms with Crippen LogP contribution >= 0.6 is 0 Å². The molecule has 2 bridgehead atoms. The number of fused-ring (bicyclic) bond motifs is 2. The Kier molecular flexibility index (Phi) is 1.84. The van der Waals surface area contributed by atoms with Gasteiger partial charge in [0, 0.05) is 24.0 Å². The van der Waals surface area contributed by atoms with Gasteiger partial charge in [0.2, 0.25) is 0 Å². The Morgan fingerprint density at radius 2 is 2.36 bits per heavy atom. The quantitative estimate of drug-likeness (QED) is 0.731. The van der Waals surface area contributed by atoms with Gasteiger partial charge in [-0.15, -0.1) is 0 Å². The van der Waals surface area contributed by atoms with Crippen LogP contribution in [0.2, 0.25) is 0 Å². The molecule has 0 saturated carbocycles. The average molecular weight is 188 g/mol. The molecule has 2 atom stereocenters. The Morgan fingerprint density at radius 3 is 3.21 bits per heavy atom. The molecular weight excluding hydrogens is 172 g/mol. The van der Waals surface area contributed by atoms with Gasteiger partial charge < -0.3 is 5.32 Å². The fourth-order valence-electron chi connectivity index (χ4n) is 3.04. The summed E-state index contributed by atoms with van der Waals surface area (Å²) in [4.78, 5) is 4.23. The van der Waals surface area contributed by atoms with Crippen LogP contribution in [0.25, 0.3) is 0 Å². The topological polar surface area (TPSA) is 24.9 Å². The number of rotatable bonds is 1. The maximum absolute atomic E-state index is 4.23. The first-order valence-electron chi connectivity index (χ1n) is 5.57. The number of nitrogens with one attached hydrogen (secondary N) is 1. The normalized spacial score (nSPS) is 35.9. The largest absolute Gasteiger partial charge is 0.305 e. The van der Waals surface area contributed by atoms with Crippen molar-refractivity contribution in [2.24, 2.45) is 0 Å². The Balaban J connectivity index is 1.97. The third kappa shape index (κ3) is 1.17. The molecule has 0 radical (unpaired) electrons. The first-order chi connectivity index (χ1) is 6.89. The van der Waals surface area contributed by atoms with Gasteiger partial charge in [-0.05, 0) is 43.7 Å². The van der Waals surface area contributed by atoms with Gasteiger partial charge in [-0.25, -0.2) is 0 Å². The Labute approximate surface area is 84.7 Å². The summed E-state index contributed by atoms with van der Waals surface area (Å²) >= 11 is 0. The highest BCUT2D eigenvalue weighted by molar-refractivity contribution is 5.24. The summed E-state index contributed by atoms with van der Waals surface area (Å²) in [7, 11) is 0. The van der Waals surface area contributed by atoms with E-state index >= 15 is 0 Å². The van der Waals surface area contributed by atoms with Gasteiger partial charge in [0.15, 0.2) is 0 Å². The molecule has 0 amide bonds. The molecule has 3 rings (SSSR count). The predicted molar refractivity (Wildman–Crippen MR) is 55.9 cm³/mol. The molecule has 2 nitrogen and oxygen atoms in total. The summed E-state index contributed by atoms with van der Waals surface area (Å²) in [5.74, 6) is 0. The summed E-state index contributed by atoms with van der Waals surface area (Å²) in [6.07, 6.45) is 10.5. The van der Waals surface area contributed by atoms with Gasteiger partial charge in [0.1, 0.15) is 0 Å². The average Bonchev–Trinajstić information content (AvgIpc) is 2.57. The number of piperidine rings is 1. The monoisotopic (exact) mass is 188 g/mol. The van der Waals surface area contributed by atoms with Crippen molar-refractivity contribution in [1.82, 2.24) is 10.3 Å². The lowest BCUT2D eigenvalue weighted by Crippen LogP contribution is -2.43. The summed E-state index contributed by atoms with van der Waals surface area (Å²) in [5.41, 5.74) is 1.67. The molecule has 2 fully saturated rings. The van der Waals surface area contributed by atoms with E-state index in [-0.39, 0.29) is 5.54 Å². The highest BCUT2D eigenvalue weighted by Crippen LogP contribution is 2.42. The fourth-order valence-corrected chi connectivity index (χ4v) is 3.04. The van der Waals surface area contributed by atoms with Crippen LogP contribution in [0.15, 0.2) is 24.5 Å². The van der Waals surface area contributed by atoms with E-state index in [2.05, 4.69) is 16.4 Å². The second-order valence-electron chi connectivity index (χ2n) is 4.60. The van der Waals surface area contributed by atoms with Crippen LogP contribution in [-0.4, -0.2) is 11.0 Å². The van der Waals surface area contributed by atoms with Crippen molar-refractivity contribution in [3.05, 3.63) is 30.1 Å². The van der Waals surface area contributed by atoms with Crippen molar-refractivity contribution >= 4 is 0 Å². The van der Waals surface area contributed by atoms with Crippen LogP contribution in [0.4, 0.5) is 0 Å². The van der Waals surface area contributed by atoms with Crippen molar-refractivity contribution in [1.29, 1.82) is 0 Å². The fraction of sp³-hybridized carbons (Fsp3) is 0.583. The lowest BCUT2D eigenvalue weighted by Gasteiger charge is -2.34. The minimum absolute atomic E-state index is 0.275. The molecule has 0 aliphatic carbocycles. The molecule has 2 saturated heterocycles. The SMILES string of the molecule is c1cncc([C@]23CCC[C@H](CC2)N3)c1. The van der Waals surface area contributed by atoms with Crippen molar-refractivity contribution in [3.63, 3.8) is 0 Å². The van der Waals surface area contributed by atoms with Gasteiger partial charge in [-0.1, -0.05) is 6.07 Å². The third-order valence-electron chi connectivity index (χ3n) is 3.77. The highest BCUT2D eigenvalue weighted by atomic mass is 15.1. The Morgan fingerprint density at radius 1 is 1.36 bits per heavy atom. The van der Waals surface area contributed by atoms with Crippen LogP contribution in [0.3, 0.4) is 0 Å². The first-order valence-corrected chi connectivity index (χ1v) is 5.57. The zero-order valence-electron chi connectivity index (χ0n) is 8.37. The standard InChI is InChI=1S/C12H16N2/c1-4-11-5-7-12(6-1,14-11)10-3-2-8-13-9-10/h2-3,8-9,11,14H,1,4-7H2/t11-,12+/m1/s1. The van der Waals surface area contributed by atoms with Crippen LogP contribution in [-0.2, 0) is 5.54 Å². The second kappa shape index (κ2) is 3.06. The lowest BCUT2D eigenvalue weighted by molar-refractivity contribution is 0.280. The molecule has 2 aliphatic heterocycles. The minimum atomic E-state index is 0.275. The van der Waals surface area contributed by atoms with E-state index in [1.54, 1.807) is 0 Å². The van der Waals surface area contributed by atoms with Gasteiger partial charge in [-0.3, -0.25) is 4.98 Å². The minimum Gasteiger partial charge on any atom is -0.305 e. The third-order valence-corrected chi connectivity index (χ3v) is 3.77. The van der Waals surface area contributed by atoms with Crippen LogP contribution < -0.4 is 5.32 Å². The van der Waals surface area contributed by atoms with E-state index in [0.29, 0.717) is 0 Å². The van der Waals surface area contributed by atoms with Gasteiger partial charge in [-0.2, -0.15) is 0 Å². The Bertz CT molecular complexity index is 318. The van der Waals surface area contributed by atoms with E-state index in [4.69, 9.17) is 0 Å². The zero-order chi connectivity index (χ0) is 9.43. The molecule has 1 aromatic heterocycles. The first kappa shape index (κ1) is 8.42. The van der Waals surface area contributed by atoms with E-state index in [1.165, 1.54) is 37.7 Å². The molecule has 0 unspecified atom stereocenters. The molecule has 0 spiro atoms. The molecule has 2 aliphatic rings. The van der Waals surface area contributed by atoms with Crippen LogP contribution in [0, 0.1) is 0 Å². The molecule has 1 aromatic rings. The van der Waals surface area contributed by atoms with Crippen molar-refractivity contribution in [2.75, 3.05) is 0 Å². The Hall–Kier alpha value is -0.890. The molecule has 0 aromatic carbocycles. The van der Waals surface area contributed by atoms with Gasteiger partial charge in [0.25, 0.3) is 0 Å². The smallest absolute Gasteiger partial charge is 0.0452 e. The molecule has 3 heterocycles. The van der Waals surface area contributed by atoms with Gasteiger partial charge in [0.05, 0.1) is 0 Å². The van der Waals surface area contributed by atoms with Crippen molar-refractivity contribution in [3.8, 4) is 0 Å². The summed E-state index contributed by atoms with van der Waals surface area (Å²) in [6, 6.07) is 5.03. The highest BCUT2D eigenvalue weighted by Gasteiger charge is 2.42. The van der Waals surface area contributed by atoms with E-state index in [1.807, 2.05) is 18.5 Å². The van der Waals surface area contributed by atoms with Crippen LogP contribution in [0.5, 0.6) is 0 Å². The van der Waals surface area contributed by atoms with E-state index in [0.717, 1.165) is 6.04 Å². The maximum Gasteiger partial charge on any atom is 0.0452 e. The summed E-state index contributed by atoms with van der Waals surface area (Å²) in [5, 5.41) is 3.78. The van der Waals surface area contributed by atoms with Crippen molar-refractivity contribution < 1.29 is 0 Å². The van der Waals surface area contributed by atoms with Crippen molar-refractivity contribution in [2.45, 2.75) is 43.7 Å². The second-order valence-corrected chi connectivity index (χ2v) is 4.60. The van der Waals surface area contributed by atoms with Gasteiger partial charge >= 0.3 is 0 Å². The molecule has 74 valence electrons. The lowest BCUT2D eigenvalue weighted by atomic mass is 9.84. The van der Waals surface area contributed by atoms with E-state index < -0.39 is 0 Å². The molecule has 1 N–H and O–H groups in total. The molecule has 2 heteroatoms. The summed E-state index contributed by atoms with van der Waals surface area (Å²) in [6.45, 7) is 0. The van der Waals surface area contributed by atoms with E-state index in [9.17, 15) is 0 Å². The molecule has 14 heavy (non-hydrogen) atoms. The zero-order valence-corrected chi connectivity index (χ0v) is 8.37. The number of aromatic nitrogens is 1. The predicted octanol–water partition coefficient (Wildman–Crippen LogP) is 2.21. The number of hydrogen-bond donors (Lipinski definition) is 1. The maximum atomic E-state index is 4.23.